The molecule has 112 valence electrons. The van der Waals surface area contributed by atoms with Crippen LogP contribution in [-0.4, -0.2) is 38.7 Å². The van der Waals surface area contributed by atoms with E-state index >= 15 is 0 Å². The van der Waals surface area contributed by atoms with Gasteiger partial charge in [-0.05, 0) is 12.1 Å². The van der Waals surface area contributed by atoms with Gasteiger partial charge in [0.1, 0.15) is 0 Å². The highest BCUT2D eigenvalue weighted by Gasteiger charge is 2.18. The maximum absolute atomic E-state index is 12.1. The van der Waals surface area contributed by atoms with Gasteiger partial charge in [0.25, 0.3) is 5.69 Å². The van der Waals surface area contributed by atoms with Crippen molar-refractivity contribution in [2.24, 2.45) is 0 Å². The average molecular weight is 301 g/mol. The number of sulfonamides is 1. The van der Waals surface area contributed by atoms with Crippen molar-refractivity contribution in [1.82, 2.24) is 5.32 Å². The number of non-ortho nitro benzene ring substituents is 1. The van der Waals surface area contributed by atoms with Crippen LogP contribution < -0.4 is 9.62 Å². The van der Waals surface area contributed by atoms with Crippen LogP contribution in [0.4, 0.5) is 11.4 Å². The highest BCUT2D eigenvalue weighted by atomic mass is 32.2. The van der Waals surface area contributed by atoms with E-state index in [2.05, 4.69) is 5.32 Å². The molecule has 0 aliphatic carbocycles. The third kappa shape index (κ3) is 4.46. The van der Waals surface area contributed by atoms with Crippen LogP contribution in [0.25, 0.3) is 0 Å². The van der Waals surface area contributed by atoms with Crippen molar-refractivity contribution >= 4 is 21.4 Å². The summed E-state index contributed by atoms with van der Waals surface area (Å²) >= 11 is 0. The maximum atomic E-state index is 12.1. The Kier molecular flexibility index (Phi) is 5.46. The number of hydrogen-bond donors (Lipinski definition) is 1. The monoisotopic (exact) mass is 301 g/mol. The fraction of sp³-hybridized carbons (Fsp3) is 0.500. The van der Waals surface area contributed by atoms with Gasteiger partial charge in [0.2, 0.25) is 10.0 Å². The van der Waals surface area contributed by atoms with Gasteiger partial charge in [0.15, 0.2) is 0 Å². The molecule has 20 heavy (non-hydrogen) atoms. The van der Waals surface area contributed by atoms with E-state index in [4.69, 9.17) is 0 Å². The molecule has 0 bridgehead atoms. The van der Waals surface area contributed by atoms with Gasteiger partial charge >= 0.3 is 0 Å². The lowest BCUT2D eigenvalue weighted by Gasteiger charge is -2.19. The molecule has 0 aromatic heterocycles. The zero-order chi connectivity index (χ0) is 15.3. The third-order valence-electron chi connectivity index (χ3n) is 2.75. The predicted molar refractivity (Wildman–Crippen MR) is 78.4 cm³/mol. The van der Waals surface area contributed by atoms with Crippen molar-refractivity contribution in [2.45, 2.75) is 19.9 Å². The van der Waals surface area contributed by atoms with Gasteiger partial charge in [-0.15, -0.1) is 0 Å². The molecule has 0 fully saturated rings. The summed E-state index contributed by atoms with van der Waals surface area (Å²) in [6.45, 7) is 4.23. The Morgan fingerprint density at radius 1 is 1.30 bits per heavy atom. The molecule has 1 aromatic rings. The van der Waals surface area contributed by atoms with Crippen LogP contribution in [0.3, 0.4) is 0 Å². The molecule has 1 N–H and O–H groups in total. The summed E-state index contributed by atoms with van der Waals surface area (Å²) in [5.74, 6) is -0.0291. The number of nitro benzene ring substituents is 1. The van der Waals surface area contributed by atoms with Gasteiger partial charge in [-0.1, -0.05) is 13.8 Å². The van der Waals surface area contributed by atoms with Crippen LogP contribution in [0, 0.1) is 10.1 Å². The Bertz CT molecular complexity index is 555. The molecule has 0 aliphatic rings. The van der Waals surface area contributed by atoms with E-state index in [1.54, 1.807) is 0 Å². The molecule has 0 aliphatic heterocycles. The highest BCUT2D eigenvalue weighted by Crippen LogP contribution is 2.20. The van der Waals surface area contributed by atoms with E-state index in [1.165, 1.54) is 31.3 Å². The Morgan fingerprint density at radius 2 is 1.85 bits per heavy atom. The lowest BCUT2D eigenvalue weighted by atomic mass is 10.3. The summed E-state index contributed by atoms with van der Waals surface area (Å²) in [5, 5.41) is 13.6. The summed E-state index contributed by atoms with van der Waals surface area (Å²) < 4.78 is 25.3. The summed E-state index contributed by atoms with van der Waals surface area (Å²) in [7, 11) is -2.00. The van der Waals surface area contributed by atoms with E-state index in [1.807, 2.05) is 13.8 Å². The summed E-state index contributed by atoms with van der Waals surface area (Å²) in [5.41, 5.74) is 0.334. The smallest absolute Gasteiger partial charge is 0.269 e. The molecule has 0 saturated carbocycles. The normalized spacial score (nSPS) is 11.6. The van der Waals surface area contributed by atoms with E-state index < -0.39 is 14.9 Å². The lowest BCUT2D eigenvalue weighted by Crippen LogP contribution is -2.35. The van der Waals surface area contributed by atoms with Crippen molar-refractivity contribution in [3.05, 3.63) is 34.4 Å². The maximum Gasteiger partial charge on any atom is 0.269 e. The second kappa shape index (κ2) is 6.67. The largest absolute Gasteiger partial charge is 0.313 e. The standard InChI is InChI=1S/C12H19N3O4S/c1-10(2)13-8-9-20(18,19)14(3)11-4-6-12(7-5-11)15(16)17/h4-7,10,13H,8-9H2,1-3H3. The van der Waals surface area contributed by atoms with Crippen LogP contribution in [0.15, 0.2) is 24.3 Å². The second-order valence-electron chi connectivity index (χ2n) is 4.67. The van der Waals surface area contributed by atoms with Crippen molar-refractivity contribution in [3.63, 3.8) is 0 Å². The van der Waals surface area contributed by atoms with E-state index in [0.29, 0.717) is 12.2 Å². The minimum absolute atomic E-state index is 0.0291. The molecule has 0 heterocycles. The topological polar surface area (TPSA) is 92.6 Å². The van der Waals surface area contributed by atoms with Gasteiger partial charge < -0.3 is 5.32 Å². The van der Waals surface area contributed by atoms with Crippen LogP contribution in [0.1, 0.15) is 13.8 Å². The Hall–Kier alpha value is -1.67. The number of anilines is 1. The SMILES string of the molecule is CC(C)NCCS(=O)(=O)N(C)c1ccc([N+](=O)[O-])cc1. The number of nitrogens with one attached hydrogen (secondary N) is 1. The second-order valence-corrected chi connectivity index (χ2v) is 6.79. The number of hydrogen-bond acceptors (Lipinski definition) is 5. The number of nitrogens with zero attached hydrogens (tertiary/aromatic N) is 2. The fourth-order valence-electron chi connectivity index (χ4n) is 1.56. The molecule has 1 aromatic carbocycles. The molecule has 1 rings (SSSR count). The molecular weight excluding hydrogens is 282 g/mol. The van der Waals surface area contributed by atoms with Gasteiger partial charge in [0, 0.05) is 31.8 Å². The molecule has 8 heteroatoms. The summed E-state index contributed by atoms with van der Waals surface area (Å²) in [4.78, 5) is 10.0. The highest BCUT2D eigenvalue weighted by molar-refractivity contribution is 7.92. The molecule has 0 radical (unpaired) electrons. The quantitative estimate of drug-likeness (QED) is 0.606. The molecule has 0 atom stereocenters. The van der Waals surface area contributed by atoms with Crippen LogP contribution in [0.5, 0.6) is 0 Å². The van der Waals surface area contributed by atoms with Crippen LogP contribution in [-0.2, 0) is 10.0 Å². The van der Waals surface area contributed by atoms with Crippen LogP contribution >= 0.6 is 0 Å². The minimum atomic E-state index is -3.44. The lowest BCUT2D eigenvalue weighted by molar-refractivity contribution is -0.384. The molecule has 0 spiro atoms. The first kappa shape index (κ1) is 16.4. The molecule has 0 amide bonds. The van der Waals surface area contributed by atoms with E-state index in [0.717, 1.165) is 4.31 Å². The van der Waals surface area contributed by atoms with Crippen molar-refractivity contribution in [2.75, 3.05) is 23.7 Å². The van der Waals surface area contributed by atoms with Gasteiger partial charge in [-0.25, -0.2) is 8.42 Å². The zero-order valence-electron chi connectivity index (χ0n) is 11.7. The zero-order valence-corrected chi connectivity index (χ0v) is 12.6. The molecule has 0 unspecified atom stereocenters. The Morgan fingerprint density at radius 3 is 2.30 bits per heavy atom. The first-order chi connectivity index (χ1) is 9.24. The van der Waals surface area contributed by atoms with E-state index in [-0.39, 0.29) is 17.5 Å². The third-order valence-corrected chi connectivity index (χ3v) is 4.52. The van der Waals surface area contributed by atoms with Gasteiger partial charge in [-0.2, -0.15) is 0 Å². The Labute approximate surface area is 118 Å². The predicted octanol–water partition coefficient (Wildman–Crippen LogP) is 1.36. The summed E-state index contributed by atoms with van der Waals surface area (Å²) in [6, 6.07) is 5.63. The Balaban J connectivity index is 2.77. The average Bonchev–Trinajstić information content (AvgIpc) is 2.37. The first-order valence-electron chi connectivity index (χ1n) is 6.18. The fourth-order valence-corrected chi connectivity index (χ4v) is 2.65. The number of nitro groups is 1. The number of rotatable bonds is 7. The van der Waals surface area contributed by atoms with Crippen molar-refractivity contribution in [1.29, 1.82) is 0 Å². The molecular formula is C12H19N3O4S. The molecule has 7 nitrogen and oxygen atoms in total. The van der Waals surface area contributed by atoms with Crippen molar-refractivity contribution in [3.8, 4) is 0 Å². The summed E-state index contributed by atoms with van der Waals surface area (Å²) in [6.07, 6.45) is 0. The van der Waals surface area contributed by atoms with Gasteiger partial charge in [0.05, 0.1) is 16.4 Å². The van der Waals surface area contributed by atoms with Crippen LogP contribution in [0.2, 0.25) is 0 Å². The molecule has 0 saturated heterocycles. The minimum Gasteiger partial charge on any atom is -0.313 e. The van der Waals surface area contributed by atoms with Crippen molar-refractivity contribution < 1.29 is 13.3 Å². The number of benzene rings is 1. The van der Waals surface area contributed by atoms with E-state index in [9.17, 15) is 18.5 Å². The van der Waals surface area contributed by atoms with Gasteiger partial charge in [-0.3, -0.25) is 14.4 Å². The first-order valence-corrected chi connectivity index (χ1v) is 7.79.